The molecule has 1 amide bonds. The monoisotopic (exact) mass is 294 g/mol. The van der Waals surface area contributed by atoms with Crippen LogP contribution in [0.25, 0.3) is 0 Å². The molecule has 0 aliphatic carbocycles. The molecule has 0 aliphatic heterocycles. The summed E-state index contributed by atoms with van der Waals surface area (Å²) in [6.45, 7) is 0.656. The fourth-order valence-corrected chi connectivity index (χ4v) is 1.77. The lowest BCUT2D eigenvalue weighted by Gasteiger charge is -2.08. The smallest absolute Gasteiger partial charge is 0.226 e. The maximum absolute atomic E-state index is 11.7. The first-order valence-corrected chi connectivity index (χ1v) is 6.48. The van der Waals surface area contributed by atoms with Gasteiger partial charge >= 0.3 is 0 Å². The van der Waals surface area contributed by atoms with E-state index in [-0.39, 0.29) is 12.3 Å². The Bertz CT molecular complexity index is 570. The van der Waals surface area contributed by atoms with Crippen molar-refractivity contribution in [2.45, 2.75) is 13.0 Å². The first-order valence-electron chi connectivity index (χ1n) is 6.10. The zero-order chi connectivity index (χ0) is 14.4. The maximum atomic E-state index is 11.7. The summed E-state index contributed by atoms with van der Waals surface area (Å²) in [5, 5.41) is 3.23. The van der Waals surface area contributed by atoms with Gasteiger partial charge in [0.15, 0.2) is 0 Å². The SMILES string of the molecule is Nc1cc(Cl)ccc1NC(=O)CCOCc1ccco1. The third kappa shape index (κ3) is 4.29. The van der Waals surface area contributed by atoms with Crippen LogP contribution in [0.2, 0.25) is 5.02 Å². The minimum Gasteiger partial charge on any atom is -0.467 e. The summed E-state index contributed by atoms with van der Waals surface area (Å²) in [7, 11) is 0. The number of furan rings is 1. The Hall–Kier alpha value is -1.98. The van der Waals surface area contributed by atoms with Gasteiger partial charge in [-0.2, -0.15) is 0 Å². The number of nitrogens with one attached hydrogen (secondary N) is 1. The Morgan fingerprint density at radius 2 is 2.25 bits per heavy atom. The second-order valence-corrected chi connectivity index (χ2v) is 4.60. The summed E-state index contributed by atoms with van der Waals surface area (Å²) in [5.41, 5.74) is 6.73. The van der Waals surface area contributed by atoms with E-state index in [9.17, 15) is 4.79 Å². The van der Waals surface area contributed by atoms with Gasteiger partial charge in [-0.1, -0.05) is 11.6 Å². The van der Waals surface area contributed by atoms with Crippen molar-refractivity contribution in [2.75, 3.05) is 17.7 Å². The van der Waals surface area contributed by atoms with Crippen LogP contribution in [-0.2, 0) is 16.1 Å². The minimum atomic E-state index is -0.168. The number of halogens is 1. The van der Waals surface area contributed by atoms with Crippen LogP contribution in [0.15, 0.2) is 41.0 Å². The molecular weight excluding hydrogens is 280 g/mol. The first-order chi connectivity index (χ1) is 9.65. The van der Waals surface area contributed by atoms with Crippen molar-refractivity contribution in [3.63, 3.8) is 0 Å². The van der Waals surface area contributed by atoms with Gasteiger partial charge in [-0.15, -0.1) is 0 Å². The molecule has 0 saturated carbocycles. The van der Waals surface area contributed by atoms with Gasteiger partial charge in [-0.05, 0) is 30.3 Å². The average Bonchev–Trinajstić information content (AvgIpc) is 2.91. The second kappa shape index (κ2) is 6.98. The average molecular weight is 295 g/mol. The summed E-state index contributed by atoms with van der Waals surface area (Å²) in [6, 6.07) is 8.52. The molecule has 0 unspecified atom stereocenters. The molecule has 0 saturated heterocycles. The normalized spacial score (nSPS) is 10.4. The molecule has 2 rings (SSSR count). The number of carbonyl (C=O) groups excluding carboxylic acids is 1. The topological polar surface area (TPSA) is 77.5 Å². The van der Waals surface area contributed by atoms with Crippen LogP contribution in [0.3, 0.4) is 0 Å². The Morgan fingerprint density at radius 1 is 1.40 bits per heavy atom. The van der Waals surface area contributed by atoms with Gasteiger partial charge in [0.25, 0.3) is 0 Å². The number of anilines is 2. The highest BCUT2D eigenvalue weighted by molar-refractivity contribution is 6.31. The molecule has 20 heavy (non-hydrogen) atoms. The number of hydrogen-bond acceptors (Lipinski definition) is 4. The largest absolute Gasteiger partial charge is 0.467 e. The molecule has 1 aromatic heterocycles. The van der Waals surface area contributed by atoms with Crippen molar-refractivity contribution in [3.8, 4) is 0 Å². The van der Waals surface area contributed by atoms with Crippen molar-refractivity contribution in [1.82, 2.24) is 0 Å². The number of nitrogen functional groups attached to an aromatic ring is 1. The molecule has 106 valence electrons. The number of ether oxygens (including phenoxy) is 1. The highest BCUT2D eigenvalue weighted by Crippen LogP contribution is 2.22. The highest BCUT2D eigenvalue weighted by Gasteiger charge is 2.06. The number of rotatable bonds is 6. The standard InChI is InChI=1S/C14H15ClN2O3/c15-10-3-4-13(12(16)8-10)17-14(18)5-7-19-9-11-2-1-6-20-11/h1-4,6,8H,5,7,9,16H2,(H,17,18). The maximum Gasteiger partial charge on any atom is 0.226 e. The molecule has 0 radical (unpaired) electrons. The third-order valence-electron chi connectivity index (χ3n) is 2.59. The van der Waals surface area contributed by atoms with E-state index in [1.165, 1.54) is 0 Å². The summed E-state index contributed by atoms with van der Waals surface area (Å²) < 4.78 is 10.4. The molecule has 2 aromatic rings. The molecule has 0 fully saturated rings. The number of hydrogen-bond donors (Lipinski definition) is 2. The van der Waals surface area contributed by atoms with E-state index in [1.54, 1.807) is 30.5 Å². The Balaban J connectivity index is 1.72. The van der Waals surface area contributed by atoms with Gasteiger partial charge < -0.3 is 20.2 Å². The number of nitrogens with two attached hydrogens (primary N) is 1. The lowest BCUT2D eigenvalue weighted by molar-refractivity contribution is -0.117. The van der Waals surface area contributed by atoms with Gasteiger partial charge in [0.2, 0.25) is 5.91 Å². The molecular formula is C14H15ClN2O3. The quantitative estimate of drug-likeness (QED) is 0.634. The zero-order valence-electron chi connectivity index (χ0n) is 10.8. The molecule has 0 aliphatic rings. The van der Waals surface area contributed by atoms with Crippen LogP contribution in [0.4, 0.5) is 11.4 Å². The van der Waals surface area contributed by atoms with Crippen molar-refractivity contribution in [2.24, 2.45) is 0 Å². The molecule has 0 bridgehead atoms. The lowest BCUT2D eigenvalue weighted by atomic mass is 10.2. The van der Waals surface area contributed by atoms with E-state index in [0.717, 1.165) is 5.76 Å². The van der Waals surface area contributed by atoms with Crippen LogP contribution in [0.5, 0.6) is 0 Å². The summed E-state index contributed by atoms with van der Waals surface area (Å²) in [6.07, 6.45) is 1.82. The van der Waals surface area contributed by atoms with E-state index in [2.05, 4.69) is 5.32 Å². The molecule has 6 heteroatoms. The molecule has 3 N–H and O–H groups in total. The van der Waals surface area contributed by atoms with Gasteiger partial charge in [-0.3, -0.25) is 4.79 Å². The Kier molecular flexibility index (Phi) is 5.03. The van der Waals surface area contributed by atoms with Crippen LogP contribution in [-0.4, -0.2) is 12.5 Å². The van der Waals surface area contributed by atoms with Crippen molar-refractivity contribution < 1.29 is 13.9 Å². The minimum absolute atomic E-state index is 0.168. The fraction of sp³-hybridized carbons (Fsp3) is 0.214. The summed E-state index contributed by atoms with van der Waals surface area (Å²) >= 11 is 5.78. The van der Waals surface area contributed by atoms with Crippen LogP contribution < -0.4 is 11.1 Å². The van der Waals surface area contributed by atoms with E-state index >= 15 is 0 Å². The van der Waals surface area contributed by atoms with Gasteiger partial charge in [0.05, 0.1) is 30.7 Å². The van der Waals surface area contributed by atoms with Crippen molar-refractivity contribution in [3.05, 3.63) is 47.4 Å². The molecule has 5 nitrogen and oxygen atoms in total. The predicted molar refractivity (Wildman–Crippen MR) is 77.5 cm³/mol. The van der Waals surface area contributed by atoms with Crippen LogP contribution >= 0.6 is 11.6 Å². The molecule has 0 spiro atoms. The number of benzene rings is 1. The van der Waals surface area contributed by atoms with Gasteiger partial charge in [0, 0.05) is 5.02 Å². The zero-order valence-corrected chi connectivity index (χ0v) is 11.5. The van der Waals surface area contributed by atoms with Gasteiger partial charge in [-0.25, -0.2) is 0 Å². The van der Waals surface area contributed by atoms with E-state index in [1.807, 2.05) is 6.07 Å². The Labute approximate surface area is 121 Å². The Morgan fingerprint density at radius 3 is 2.95 bits per heavy atom. The summed E-state index contributed by atoms with van der Waals surface area (Å²) in [4.78, 5) is 11.7. The number of carbonyl (C=O) groups is 1. The van der Waals surface area contributed by atoms with E-state index < -0.39 is 0 Å². The van der Waals surface area contributed by atoms with Gasteiger partial charge in [0.1, 0.15) is 12.4 Å². The van der Waals surface area contributed by atoms with E-state index in [4.69, 9.17) is 26.5 Å². The molecule has 1 heterocycles. The lowest BCUT2D eigenvalue weighted by Crippen LogP contribution is -2.15. The van der Waals surface area contributed by atoms with E-state index in [0.29, 0.717) is 29.6 Å². The number of amides is 1. The van der Waals surface area contributed by atoms with Crippen LogP contribution in [0, 0.1) is 0 Å². The second-order valence-electron chi connectivity index (χ2n) is 4.16. The van der Waals surface area contributed by atoms with Crippen molar-refractivity contribution >= 4 is 28.9 Å². The highest BCUT2D eigenvalue weighted by atomic mass is 35.5. The fourth-order valence-electron chi connectivity index (χ4n) is 1.59. The first kappa shape index (κ1) is 14.4. The molecule has 0 atom stereocenters. The third-order valence-corrected chi connectivity index (χ3v) is 2.82. The summed E-state index contributed by atoms with van der Waals surface area (Å²) in [5.74, 6) is 0.561. The molecule has 1 aromatic carbocycles. The van der Waals surface area contributed by atoms with Crippen molar-refractivity contribution in [1.29, 1.82) is 0 Å². The van der Waals surface area contributed by atoms with Crippen LogP contribution in [0.1, 0.15) is 12.2 Å². The predicted octanol–water partition coefficient (Wildman–Crippen LogP) is 3.06.